The van der Waals surface area contributed by atoms with E-state index in [1.165, 1.54) is 6.26 Å². The number of hydrogen-bond donors (Lipinski definition) is 2. The minimum absolute atomic E-state index is 0.126. The van der Waals surface area contributed by atoms with Crippen LogP contribution < -0.4 is 5.32 Å². The van der Waals surface area contributed by atoms with Gasteiger partial charge in [-0.15, -0.1) is 0 Å². The van der Waals surface area contributed by atoms with E-state index in [0.717, 1.165) is 5.56 Å². The molecule has 0 saturated heterocycles. The second kappa shape index (κ2) is 6.93. The Labute approximate surface area is 129 Å². The van der Waals surface area contributed by atoms with E-state index in [9.17, 15) is 14.7 Å². The van der Waals surface area contributed by atoms with Crippen molar-refractivity contribution < 1.29 is 19.1 Å². The maximum Gasteiger partial charge on any atom is 0.326 e. The molecule has 5 heteroatoms. The first-order valence-corrected chi connectivity index (χ1v) is 7.15. The molecule has 2 rings (SSSR count). The predicted molar refractivity (Wildman–Crippen MR) is 82.5 cm³/mol. The minimum atomic E-state index is -1.05. The molecule has 0 bridgehead atoms. The molecule has 0 fully saturated rings. The third-order valence-corrected chi connectivity index (χ3v) is 3.27. The average Bonchev–Trinajstić information content (AvgIpc) is 2.96. The highest BCUT2D eigenvalue weighted by molar-refractivity contribution is 5.99. The van der Waals surface area contributed by atoms with Gasteiger partial charge in [-0.05, 0) is 24.0 Å². The molecule has 116 valence electrons. The molecule has 0 unspecified atom stereocenters. The van der Waals surface area contributed by atoms with Gasteiger partial charge in [0, 0.05) is 5.56 Å². The van der Waals surface area contributed by atoms with E-state index < -0.39 is 17.9 Å². The van der Waals surface area contributed by atoms with E-state index in [-0.39, 0.29) is 11.7 Å². The molecular weight excluding hydrogens is 282 g/mol. The molecule has 1 atom stereocenters. The van der Waals surface area contributed by atoms with Gasteiger partial charge in [0.05, 0.1) is 6.26 Å². The number of furan rings is 1. The summed E-state index contributed by atoms with van der Waals surface area (Å²) in [4.78, 5) is 23.6. The molecule has 2 aromatic rings. The van der Waals surface area contributed by atoms with Gasteiger partial charge in [0.1, 0.15) is 6.04 Å². The Balaban J connectivity index is 2.20. The number of nitrogens with one attached hydrogen (secondary N) is 1. The Hall–Kier alpha value is -2.56. The zero-order valence-corrected chi connectivity index (χ0v) is 12.6. The van der Waals surface area contributed by atoms with Crippen molar-refractivity contribution in [2.24, 2.45) is 5.92 Å². The smallest absolute Gasteiger partial charge is 0.326 e. The van der Waals surface area contributed by atoms with Crippen LogP contribution in [0.1, 0.15) is 30.8 Å². The molecule has 5 nitrogen and oxygen atoms in total. The van der Waals surface area contributed by atoms with Crippen molar-refractivity contribution in [2.45, 2.75) is 26.3 Å². The van der Waals surface area contributed by atoms with Gasteiger partial charge in [-0.2, -0.15) is 0 Å². The van der Waals surface area contributed by atoms with Crippen molar-refractivity contribution in [2.75, 3.05) is 0 Å². The summed E-state index contributed by atoms with van der Waals surface area (Å²) < 4.78 is 5.26. The van der Waals surface area contributed by atoms with Crippen molar-refractivity contribution in [3.63, 3.8) is 0 Å². The Kier molecular flexibility index (Phi) is 4.99. The van der Waals surface area contributed by atoms with E-state index in [1.54, 1.807) is 6.07 Å². The summed E-state index contributed by atoms with van der Waals surface area (Å²) in [6, 6.07) is 10.1. The van der Waals surface area contributed by atoms with Crippen LogP contribution in [0.3, 0.4) is 0 Å². The lowest BCUT2D eigenvalue weighted by atomic mass is 10.0. The first kappa shape index (κ1) is 15.8. The van der Waals surface area contributed by atoms with Crippen molar-refractivity contribution in [1.29, 1.82) is 0 Å². The lowest BCUT2D eigenvalue weighted by Crippen LogP contribution is -2.41. The van der Waals surface area contributed by atoms with Gasteiger partial charge in [0.25, 0.3) is 5.91 Å². The quantitative estimate of drug-likeness (QED) is 0.859. The summed E-state index contributed by atoms with van der Waals surface area (Å²) in [5.74, 6) is -1.28. The molecule has 1 heterocycles. The molecule has 22 heavy (non-hydrogen) atoms. The van der Waals surface area contributed by atoms with E-state index in [4.69, 9.17) is 4.42 Å². The molecule has 1 aromatic heterocycles. The number of carbonyl (C=O) groups is 2. The molecule has 0 saturated carbocycles. The van der Waals surface area contributed by atoms with Gasteiger partial charge in [-0.3, -0.25) is 4.79 Å². The summed E-state index contributed by atoms with van der Waals surface area (Å²) in [6.07, 6.45) is 1.79. The first-order chi connectivity index (χ1) is 10.5. The fourth-order valence-electron chi connectivity index (χ4n) is 2.25. The summed E-state index contributed by atoms with van der Waals surface area (Å²) in [5.41, 5.74) is 1.49. The third kappa shape index (κ3) is 3.75. The van der Waals surface area contributed by atoms with Gasteiger partial charge in [-0.25, -0.2) is 4.79 Å². The molecule has 0 spiro atoms. The number of aliphatic carboxylic acids is 1. The second-order valence-corrected chi connectivity index (χ2v) is 5.52. The fraction of sp³-hybridized carbons (Fsp3) is 0.294. The van der Waals surface area contributed by atoms with Crippen LogP contribution in [-0.4, -0.2) is 23.0 Å². The zero-order valence-electron chi connectivity index (χ0n) is 12.6. The molecule has 1 amide bonds. The Morgan fingerprint density at radius 3 is 2.45 bits per heavy atom. The number of rotatable bonds is 6. The molecule has 0 radical (unpaired) electrons. The van der Waals surface area contributed by atoms with Crippen LogP contribution in [0.4, 0.5) is 0 Å². The monoisotopic (exact) mass is 301 g/mol. The Morgan fingerprint density at radius 1 is 1.18 bits per heavy atom. The van der Waals surface area contributed by atoms with Crippen LogP contribution in [0.2, 0.25) is 0 Å². The van der Waals surface area contributed by atoms with Crippen LogP contribution in [0.15, 0.2) is 47.1 Å². The van der Waals surface area contributed by atoms with E-state index in [1.807, 2.05) is 44.2 Å². The van der Waals surface area contributed by atoms with E-state index in [2.05, 4.69) is 5.32 Å². The first-order valence-electron chi connectivity index (χ1n) is 7.15. The number of hydrogen-bond acceptors (Lipinski definition) is 3. The minimum Gasteiger partial charge on any atom is -0.480 e. The van der Waals surface area contributed by atoms with Crippen molar-refractivity contribution in [3.8, 4) is 11.1 Å². The summed E-state index contributed by atoms with van der Waals surface area (Å²) in [5, 5.41) is 11.7. The van der Waals surface area contributed by atoms with Gasteiger partial charge in [0.2, 0.25) is 0 Å². The van der Waals surface area contributed by atoms with Crippen molar-refractivity contribution in [3.05, 3.63) is 48.4 Å². The van der Waals surface area contributed by atoms with E-state index >= 15 is 0 Å². The van der Waals surface area contributed by atoms with Crippen molar-refractivity contribution in [1.82, 2.24) is 5.32 Å². The standard InChI is InChI=1S/C17H19NO4/c1-11(2)10-14(17(20)21)18-16(19)15-13(8-9-22-15)12-6-4-3-5-7-12/h3-9,11,14H,10H2,1-2H3,(H,18,19)(H,20,21)/t14-/m1/s1. The average molecular weight is 301 g/mol. The van der Waals surface area contributed by atoms with Gasteiger partial charge in [-0.1, -0.05) is 44.2 Å². The number of carboxylic acid groups (broad SMARTS) is 1. The third-order valence-electron chi connectivity index (χ3n) is 3.27. The highest BCUT2D eigenvalue weighted by Gasteiger charge is 2.24. The lowest BCUT2D eigenvalue weighted by molar-refractivity contribution is -0.139. The molecular formula is C17H19NO4. The molecule has 0 aliphatic carbocycles. The van der Waals surface area contributed by atoms with Gasteiger partial charge >= 0.3 is 5.97 Å². The molecule has 0 aliphatic heterocycles. The molecule has 2 N–H and O–H groups in total. The molecule has 1 aromatic carbocycles. The lowest BCUT2D eigenvalue weighted by Gasteiger charge is -2.16. The van der Waals surface area contributed by atoms with Crippen molar-refractivity contribution >= 4 is 11.9 Å². The number of carbonyl (C=O) groups excluding carboxylic acids is 1. The topological polar surface area (TPSA) is 79.5 Å². The fourth-order valence-corrected chi connectivity index (χ4v) is 2.25. The summed E-state index contributed by atoms with van der Waals surface area (Å²) >= 11 is 0. The number of carboxylic acids is 1. The highest BCUT2D eigenvalue weighted by Crippen LogP contribution is 2.24. The van der Waals surface area contributed by atoms with Gasteiger partial charge < -0.3 is 14.8 Å². The summed E-state index contributed by atoms with van der Waals surface area (Å²) in [6.45, 7) is 3.81. The number of benzene rings is 1. The second-order valence-electron chi connectivity index (χ2n) is 5.52. The maximum absolute atomic E-state index is 12.3. The maximum atomic E-state index is 12.3. The molecule has 0 aliphatic rings. The SMILES string of the molecule is CC(C)C[C@@H](NC(=O)c1occc1-c1ccccc1)C(=O)O. The van der Waals surface area contributed by atoms with E-state index in [0.29, 0.717) is 12.0 Å². The Morgan fingerprint density at radius 2 is 1.86 bits per heavy atom. The van der Waals surface area contributed by atoms with Gasteiger partial charge in [0.15, 0.2) is 5.76 Å². The van der Waals surface area contributed by atoms with Crippen LogP contribution in [0.25, 0.3) is 11.1 Å². The van der Waals surface area contributed by atoms with Crippen LogP contribution in [0.5, 0.6) is 0 Å². The zero-order chi connectivity index (χ0) is 16.1. The highest BCUT2D eigenvalue weighted by atomic mass is 16.4. The van der Waals surface area contributed by atoms with Crippen LogP contribution >= 0.6 is 0 Å². The Bertz CT molecular complexity index is 646. The van der Waals surface area contributed by atoms with Crippen LogP contribution in [0, 0.1) is 5.92 Å². The predicted octanol–water partition coefficient (Wildman–Crippen LogP) is 3.18. The largest absolute Gasteiger partial charge is 0.480 e. The normalized spacial score (nSPS) is 12.1. The number of amides is 1. The van der Waals surface area contributed by atoms with Crippen LogP contribution in [-0.2, 0) is 4.79 Å². The summed E-state index contributed by atoms with van der Waals surface area (Å²) in [7, 11) is 0.